The number of carbonyl (C=O) groups excluding carboxylic acids is 1. The third-order valence-corrected chi connectivity index (χ3v) is 3.24. The quantitative estimate of drug-likeness (QED) is 0.821. The highest BCUT2D eigenvalue weighted by molar-refractivity contribution is 6.04. The number of rotatable bonds is 2. The fraction of sp³-hybridized carbons (Fsp3) is 0.133. The predicted molar refractivity (Wildman–Crippen MR) is 79.5 cm³/mol. The molecule has 3 N–H and O–H groups in total. The molecule has 0 fully saturated rings. The molecule has 0 saturated heterocycles. The van der Waals surface area contributed by atoms with Gasteiger partial charge in [0.05, 0.1) is 5.69 Å². The summed E-state index contributed by atoms with van der Waals surface area (Å²) in [5.41, 5.74) is 8.79. The van der Waals surface area contributed by atoms with E-state index in [-0.39, 0.29) is 12.5 Å². The summed E-state index contributed by atoms with van der Waals surface area (Å²) < 4.78 is 5.47. The lowest BCUT2D eigenvalue weighted by Gasteiger charge is -2.29. The van der Waals surface area contributed by atoms with Crippen LogP contribution in [0.5, 0.6) is 5.75 Å². The first kappa shape index (κ1) is 12.3. The second kappa shape index (κ2) is 4.77. The fourth-order valence-electron chi connectivity index (χ4n) is 2.21. The fourth-order valence-corrected chi connectivity index (χ4v) is 2.21. The summed E-state index contributed by atoms with van der Waals surface area (Å²) in [5, 5.41) is 3.06. The van der Waals surface area contributed by atoms with E-state index in [2.05, 4.69) is 5.32 Å². The molecular weight excluding hydrogens is 254 g/mol. The second-order valence-corrected chi connectivity index (χ2v) is 4.54. The van der Waals surface area contributed by atoms with Gasteiger partial charge in [-0.2, -0.15) is 0 Å². The molecule has 2 aromatic carbocycles. The number of nitrogen functional groups attached to an aromatic ring is 1. The van der Waals surface area contributed by atoms with Crippen molar-refractivity contribution in [3.8, 4) is 5.75 Å². The Morgan fingerprint density at radius 2 is 1.95 bits per heavy atom. The van der Waals surface area contributed by atoms with Gasteiger partial charge >= 0.3 is 0 Å². The summed E-state index contributed by atoms with van der Waals surface area (Å²) >= 11 is 0. The molecule has 0 spiro atoms. The van der Waals surface area contributed by atoms with Crippen LogP contribution < -0.4 is 20.7 Å². The minimum absolute atomic E-state index is 0.0380. The van der Waals surface area contributed by atoms with E-state index in [1.54, 1.807) is 17.0 Å². The van der Waals surface area contributed by atoms with Crippen LogP contribution in [0.4, 0.5) is 22.7 Å². The third-order valence-electron chi connectivity index (χ3n) is 3.24. The number of hydrogen-bond donors (Lipinski definition) is 2. The van der Waals surface area contributed by atoms with Crippen LogP contribution in [0.3, 0.4) is 0 Å². The Morgan fingerprint density at radius 3 is 2.65 bits per heavy atom. The van der Waals surface area contributed by atoms with Crippen LogP contribution >= 0.6 is 0 Å². The molecule has 1 amide bonds. The predicted octanol–water partition coefficient (Wildman–Crippen LogP) is 2.37. The number of fused-ring (bicyclic) bond motifs is 1. The normalized spacial score (nSPS) is 13.7. The van der Waals surface area contributed by atoms with E-state index < -0.39 is 0 Å². The summed E-state index contributed by atoms with van der Waals surface area (Å²) in [6.07, 6.45) is 0. The van der Waals surface area contributed by atoms with Crippen LogP contribution in [0.25, 0.3) is 0 Å². The molecule has 0 aromatic heterocycles. The van der Waals surface area contributed by atoms with Crippen molar-refractivity contribution in [3.63, 3.8) is 0 Å². The lowest BCUT2D eigenvalue weighted by molar-refractivity contribution is -0.120. The number of nitrogens with zero attached hydrogens (tertiary/aromatic N) is 1. The first-order valence-corrected chi connectivity index (χ1v) is 6.32. The van der Waals surface area contributed by atoms with Crippen LogP contribution in [0.15, 0.2) is 42.5 Å². The van der Waals surface area contributed by atoms with Crippen molar-refractivity contribution < 1.29 is 9.53 Å². The Morgan fingerprint density at radius 1 is 1.20 bits per heavy atom. The van der Waals surface area contributed by atoms with Gasteiger partial charge in [-0.3, -0.25) is 9.69 Å². The van der Waals surface area contributed by atoms with Gasteiger partial charge in [-0.25, -0.2) is 0 Å². The lowest BCUT2D eigenvalue weighted by atomic mass is 10.1. The van der Waals surface area contributed by atoms with Crippen molar-refractivity contribution in [2.75, 3.05) is 29.6 Å². The van der Waals surface area contributed by atoms with Crippen LogP contribution in [0.2, 0.25) is 0 Å². The van der Waals surface area contributed by atoms with E-state index in [1.165, 1.54) is 0 Å². The average Bonchev–Trinajstić information content (AvgIpc) is 2.48. The molecule has 20 heavy (non-hydrogen) atoms. The van der Waals surface area contributed by atoms with Crippen LogP contribution in [-0.2, 0) is 4.79 Å². The van der Waals surface area contributed by atoms with Gasteiger partial charge in [0.1, 0.15) is 5.75 Å². The molecule has 0 unspecified atom stereocenters. The third kappa shape index (κ3) is 2.03. The van der Waals surface area contributed by atoms with E-state index in [0.29, 0.717) is 11.4 Å². The van der Waals surface area contributed by atoms with Gasteiger partial charge in [-0.1, -0.05) is 0 Å². The molecule has 0 atom stereocenters. The SMILES string of the molecule is CNc1ccc2c(c1)N(c1ccc(N)cc1)C(=O)CO2. The molecule has 1 aliphatic rings. The maximum Gasteiger partial charge on any atom is 0.269 e. The molecule has 102 valence electrons. The maximum atomic E-state index is 12.2. The van der Waals surface area contributed by atoms with E-state index in [9.17, 15) is 4.79 Å². The van der Waals surface area contributed by atoms with Gasteiger partial charge in [0.25, 0.3) is 5.91 Å². The minimum atomic E-state index is -0.101. The smallest absolute Gasteiger partial charge is 0.269 e. The summed E-state index contributed by atoms with van der Waals surface area (Å²) in [4.78, 5) is 13.8. The number of nitrogens with one attached hydrogen (secondary N) is 1. The van der Waals surface area contributed by atoms with Crippen molar-refractivity contribution in [2.24, 2.45) is 0 Å². The molecule has 5 nitrogen and oxygen atoms in total. The van der Waals surface area contributed by atoms with Crippen molar-refractivity contribution >= 4 is 28.7 Å². The lowest BCUT2D eigenvalue weighted by Crippen LogP contribution is -2.35. The molecule has 1 heterocycles. The number of anilines is 4. The maximum absolute atomic E-state index is 12.2. The van der Waals surface area contributed by atoms with Crippen molar-refractivity contribution in [3.05, 3.63) is 42.5 Å². The summed E-state index contributed by atoms with van der Waals surface area (Å²) in [5.74, 6) is 0.593. The minimum Gasteiger partial charge on any atom is -0.482 e. The number of amides is 1. The summed E-state index contributed by atoms with van der Waals surface area (Å²) in [7, 11) is 1.83. The van der Waals surface area contributed by atoms with Gasteiger partial charge in [-0.05, 0) is 42.5 Å². The zero-order chi connectivity index (χ0) is 14.1. The monoisotopic (exact) mass is 269 g/mol. The standard InChI is InChI=1S/C15H15N3O2/c1-17-11-4-7-14-13(8-11)18(15(19)9-20-14)12-5-2-10(16)3-6-12/h2-8,17H,9,16H2,1H3. The van der Waals surface area contributed by atoms with Crippen molar-refractivity contribution in [2.45, 2.75) is 0 Å². The number of nitrogens with two attached hydrogens (primary N) is 1. The van der Waals surface area contributed by atoms with Gasteiger partial charge in [0.2, 0.25) is 0 Å². The highest BCUT2D eigenvalue weighted by atomic mass is 16.5. The Labute approximate surface area is 117 Å². The van der Waals surface area contributed by atoms with Crippen molar-refractivity contribution in [1.82, 2.24) is 0 Å². The Balaban J connectivity index is 2.11. The zero-order valence-electron chi connectivity index (χ0n) is 11.1. The highest BCUT2D eigenvalue weighted by Crippen LogP contribution is 2.38. The molecule has 0 aliphatic carbocycles. The Bertz CT molecular complexity index is 653. The second-order valence-electron chi connectivity index (χ2n) is 4.54. The average molecular weight is 269 g/mol. The molecule has 3 rings (SSSR count). The van der Waals surface area contributed by atoms with E-state index in [0.717, 1.165) is 17.1 Å². The Kier molecular flexibility index (Phi) is 2.95. The van der Waals surface area contributed by atoms with E-state index >= 15 is 0 Å². The van der Waals surface area contributed by atoms with Gasteiger partial charge in [-0.15, -0.1) is 0 Å². The van der Waals surface area contributed by atoms with Crippen LogP contribution in [0, 0.1) is 0 Å². The molecule has 0 bridgehead atoms. The first-order valence-electron chi connectivity index (χ1n) is 6.32. The number of hydrogen-bond acceptors (Lipinski definition) is 4. The van der Waals surface area contributed by atoms with Crippen LogP contribution in [-0.4, -0.2) is 19.6 Å². The first-order chi connectivity index (χ1) is 9.69. The Hall–Kier alpha value is -2.69. The van der Waals surface area contributed by atoms with E-state index in [1.807, 2.05) is 37.4 Å². The molecule has 0 saturated carbocycles. The van der Waals surface area contributed by atoms with Gasteiger partial charge in [0.15, 0.2) is 6.61 Å². The molecular formula is C15H15N3O2. The summed E-state index contributed by atoms with van der Waals surface area (Å²) in [6.45, 7) is 0.0380. The number of ether oxygens (including phenoxy) is 1. The van der Waals surface area contributed by atoms with Crippen LogP contribution in [0.1, 0.15) is 0 Å². The molecule has 5 heteroatoms. The number of benzene rings is 2. The van der Waals surface area contributed by atoms with E-state index in [4.69, 9.17) is 10.5 Å². The molecule has 0 radical (unpaired) electrons. The van der Waals surface area contributed by atoms with Gasteiger partial charge in [0, 0.05) is 24.1 Å². The largest absolute Gasteiger partial charge is 0.482 e. The van der Waals surface area contributed by atoms with Gasteiger partial charge < -0.3 is 15.8 Å². The van der Waals surface area contributed by atoms with Crippen molar-refractivity contribution in [1.29, 1.82) is 0 Å². The highest BCUT2D eigenvalue weighted by Gasteiger charge is 2.27. The molecule has 1 aliphatic heterocycles. The zero-order valence-corrected chi connectivity index (χ0v) is 11.1. The molecule has 2 aromatic rings. The summed E-state index contributed by atoms with van der Waals surface area (Å²) in [6, 6.07) is 12.9. The topological polar surface area (TPSA) is 67.6 Å². The number of carbonyl (C=O) groups is 1.